The van der Waals surface area contributed by atoms with E-state index in [1.54, 1.807) is 14.2 Å². The molecule has 0 saturated carbocycles. The van der Waals surface area contributed by atoms with Crippen LogP contribution in [0.4, 0.5) is 0 Å². The lowest BCUT2D eigenvalue weighted by molar-refractivity contribution is 0.0888. The number of hydrogen-bond donors (Lipinski definition) is 1. The van der Waals surface area contributed by atoms with Crippen molar-refractivity contribution in [2.24, 2.45) is 0 Å². The average molecular weight is 308 g/mol. The van der Waals surface area contributed by atoms with Crippen molar-refractivity contribution in [2.75, 3.05) is 53.6 Å². The molecule has 1 aromatic rings. The Kier molecular flexibility index (Phi) is 6.49. The summed E-state index contributed by atoms with van der Waals surface area (Å²) in [5, 5.41) is 9.00. The van der Waals surface area contributed by atoms with E-state index in [4.69, 9.17) is 14.6 Å². The molecule has 0 bridgehead atoms. The minimum absolute atomic E-state index is 0.251. The summed E-state index contributed by atoms with van der Waals surface area (Å²) < 4.78 is 10.7. The molecule has 1 fully saturated rings. The van der Waals surface area contributed by atoms with Gasteiger partial charge in [-0.1, -0.05) is 6.07 Å². The van der Waals surface area contributed by atoms with Gasteiger partial charge in [-0.2, -0.15) is 0 Å². The number of aliphatic hydroxyl groups excluding tert-OH is 1. The van der Waals surface area contributed by atoms with Gasteiger partial charge in [0.1, 0.15) is 0 Å². The smallest absolute Gasteiger partial charge is 0.160 e. The SMILES string of the molecule is COc1ccc(C[C@H](C)N2CCN(CCO)CC2)cc1OC. The van der Waals surface area contributed by atoms with Gasteiger partial charge < -0.3 is 14.6 Å². The molecule has 124 valence electrons. The normalized spacial score (nSPS) is 18.2. The summed E-state index contributed by atoms with van der Waals surface area (Å²) >= 11 is 0. The molecule has 1 heterocycles. The Balaban J connectivity index is 1.91. The number of rotatable bonds is 7. The number of aliphatic hydroxyl groups is 1. The molecule has 0 aromatic heterocycles. The summed E-state index contributed by atoms with van der Waals surface area (Å²) in [6.45, 7) is 7.52. The highest BCUT2D eigenvalue weighted by molar-refractivity contribution is 5.43. The molecule has 0 radical (unpaired) electrons. The Hall–Kier alpha value is -1.30. The number of piperazine rings is 1. The fourth-order valence-corrected chi connectivity index (χ4v) is 3.05. The maximum absolute atomic E-state index is 9.00. The predicted molar refractivity (Wildman–Crippen MR) is 87.8 cm³/mol. The first-order valence-corrected chi connectivity index (χ1v) is 7.96. The fraction of sp³-hybridized carbons (Fsp3) is 0.647. The first-order valence-electron chi connectivity index (χ1n) is 7.96. The van der Waals surface area contributed by atoms with E-state index in [2.05, 4.69) is 28.9 Å². The van der Waals surface area contributed by atoms with Crippen molar-refractivity contribution < 1.29 is 14.6 Å². The van der Waals surface area contributed by atoms with Gasteiger partial charge in [0.25, 0.3) is 0 Å². The van der Waals surface area contributed by atoms with E-state index in [0.717, 1.165) is 50.6 Å². The Bertz CT molecular complexity index is 459. The van der Waals surface area contributed by atoms with Gasteiger partial charge in [-0.15, -0.1) is 0 Å². The highest BCUT2D eigenvalue weighted by Gasteiger charge is 2.21. The summed E-state index contributed by atoms with van der Waals surface area (Å²) in [6, 6.07) is 6.64. The van der Waals surface area contributed by atoms with Crippen LogP contribution in [0.1, 0.15) is 12.5 Å². The lowest BCUT2D eigenvalue weighted by Crippen LogP contribution is -2.50. The average Bonchev–Trinajstić information content (AvgIpc) is 2.55. The quantitative estimate of drug-likeness (QED) is 0.821. The number of ether oxygens (including phenoxy) is 2. The first kappa shape index (κ1) is 17.1. The molecule has 1 atom stereocenters. The largest absolute Gasteiger partial charge is 0.493 e. The molecule has 1 aliphatic heterocycles. The Labute approximate surface area is 133 Å². The lowest BCUT2D eigenvalue weighted by Gasteiger charge is -2.38. The Morgan fingerprint density at radius 2 is 1.77 bits per heavy atom. The predicted octanol–water partition coefficient (Wildman–Crippen LogP) is 1.24. The highest BCUT2D eigenvalue weighted by atomic mass is 16.5. The second-order valence-electron chi connectivity index (χ2n) is 5.84. The molecule has 0 spiro atoms. The van der Waals surface area contributed by atoms with Gasteiger partial charge in [0.2, 0.25) is 0 Å². The summed E-state index contributed by atoms with van der Waals surface area (Å²) in [5.41, 5.74) is 1.27. The van der Waals surface area contributed by atoms with Crippen molar-refractivity contribution in [3.8, 4) is 11.5 Å². The van der Waals surface area contributed by atoms with Crippen LogP contribution in [0.25, 0.3) is 0 Å². The first-order chi connectivity index (χ1) is 10.7. The number of benzene rings is 1. The number of hydrogen-bond acceptors (Lipinski definition) is 5. The van der Waals surface area contributed by atoms with Crippen molar-refractivity contribution in [3.63, 3.8) is 0 Å². The molecule has 2 rings (SSSR count). The van der Waals surface area contributed by atoms with Crippen molar-refractivity contribution in [1.29, 1.82) is 0 Å². The second-order valence-corrected chi connectivity index (χ2v) is 5.84. The number of methoxy groups -OCH3 is 2. The lowest BCUT2D eigenvalue weighted by atomic mass is 10.0. The van der Waals surface area contributed by atoms with E-state index in [-0.39, 0.29) is 6.61 Å². The highest BCUT2D eigenvalue weighted by Crippen LogP contribution is 2.28. The third-order valence-corrected chi connectivity index (χ3v) is 4.43. The van der Waals surface area contributed by atoms with Gasteiger partial charge in [-0.25, -0.2) is 0 Å². The molecule has 1 aliphatic rings. The zero-order valence-corrected chi connectivity index (χ0v) is 13.9. The van der Waals surface area contributed by atoms with Gasteiger partial charge in [0.15, 0.2) is 11.5 Å². The van der Waals surface area contributed by atoms with E-state index in [1.807, 2.05) is 6.07 Å². The summed E-state index contributed by atoms with van der Waals surface area (Å²) in [5.74, 6) is 1.57. The summed E-state index contributed by atoms with van der Waals surface area (Å²) in [7, 11) is 3.33. The number of β-amino-alcohol motifs (C(OH)–C–C–N with tert-alkyl or cyclic N) is 1. The third-order valence-electron chi connectivity index (χ3n) is 4.43. The van der Waals surface area contributed by atoms with Crippen LogP contribution in [0, 0.1) is 0 Å². The number of nitrogens with zero attached hydrogens (tertiary/aromatic N) is 2. The van der Waals surface area contributed by atoms with E-state index >= 15 is 0 Å². The van der Waals surface area contributed by atoms with E-state index in [0.29, 0.717) is 6.04 Å². The maximum Gasteiger partial charge on any atom is 0.160 e. The van der Waals surface area contributed by atoms with Crippen molar-refractivity contribution in [2.45, 2.75) is 19.4 Å². The van der Waals surface area contributed by atoms with Crippen LogP contribution in [0.5, 0.6) is 11.5 Å². The van der Waals surface area contributed by atoms with Gasteiger partial charge >= 0.3 is 0 Å². The van der Waals surface area contributed by atoms with E-state index in [9.17, 15) is 0 Å². The maximum atomic E-state index is 9.00. The van der Waals surface area contributed by atoms with Crippen molar-refractivity contribution in [1.82, 2.24) is 9.80 Å². The third kappa shape index (κ3) is 4.35. The fourth-order valence-electron chi connectivity index (χ4n) is 3.05. The molecule has 5 nitrogen and oxygen atoms in total. The molecule has 1 N–H and O–H groups in total. The van der Waals surface area contributed by atoms with Crippen LogP contribution >= 0.6 is 0 Å². The van der Waals surface area contributed by atoms with Crippen LogP contribution in [-0.4, -0.2) is 74.5 Å². The molecular formula is C17H28N2O3. The minimum atomic E-state index is 0.251. The van der Waals surface area contributed by atoms with E-state index < -0.39 is 0 Å². The molecule has 22 heavy (non-hydrogen) atoms. The van der Waals surface area contributed by atoms with Crippen LogP contribution in [-0.2, 0) is 6.42 Å². The van der Waals surface area contributed by atoms with Gasteiger partial charge in [-0.3, -0.25) is 9.80 Å². The minimum Gasteiger partial charge on any atom is -0.493 e. The monoisotopic (exact) mass is 308 g/mol. The van der Waals surface area contributed by atoms with Gasteiger partial charge in [-0.05, 0) is 31.0 Å². The van der Waals surface area contributed by atoms with Crippen LogP contribution in [0.15, 0.2) is 18.2 Å². The van der Waals surface area contributed by atoms with E-state index in [1.165, 1.54) is 5.56 Å². The molecule has 0 unspecified atom stereocenters. The molecule has 0 aliphatic carbocycles. The van der Waals surface area contributed by atoms with Crippen LogP contribution in [0.2, 0.25) is 0 Å². The van der Waals surface area contributed by atoms with Crippen LogP contribution in [0.3, 0.4) is 0 Å². The second kappa shape index (κ2) is 8.36. The topological polar surface area (TPSA) is 45.2 Å². The molecule has 0 amide bonds. The van der Waals surface area contributed by atoms with Crippen LogP contribution < -0.4 is 9.47 Å². The van der Waals surface area contributed by atoms with Gasteiger partial charge in [0, 0.05) is 38.8 Å². The van der Waals surface area contributed by atoms with Crippen molar-refractivity contribution >= 4 is 0 Å². The standard InChI is InChI=1S/C17H28N2O3/c1-14(19-8-6-18(7-9-19)10-11-20)12-15-4-5-16(21-2)17(13-15)22-3/h4-5,13-14,20H,6-12H2,1-3H3/t14-/m0/s1. The Morgan fingerprint density at radius 1 is 1.09 bits per heavy atom. The molecular weight excluding hydrogens is 280 g/mol. The zero-order valence-electron chi connectivity index (χ0n) is 13.9. The van der Waals surface area contributed by atoms with Crippen molar-refractivity contribution in [3.05, 3.63) is 23.8 Å². The Morgan fingerprint density at radius 3 is 2.36 bits per heavy atom. The van der Waals surface area contributed by atoms with Gasteiger partial charge in [0.05, 0.1) is 20.8 Å². The molecule has 5 heteroatoms. The summed E-state index contributed by atoms with van der Waals surface area (Å²) in [6.07, 6.45) is 1.00. The zero-order chi connectivity index (χ0) is 15.9. The molecule has 1 aromatic carbocycles. The molecule has 1 saturated heterocycles. The summed E-state index contributed by atoms with van der Waals surface area (Å²) in [4.78, 5) is 4.84.